The van der Waals surface area contributed by atoms with Crippen LogP contribution in [0, 0.1) is 5.92 Å². The van der Waals surface area contributed by atoms with Crippen molar-refractivity contribution in [3.05, 3.63) is 60.7 Å². The van der Waals surface area contributed by atoms with E-state index >= 15 is 0 Å². The fourth-order valence-electron chi connectivity index (χ4n) is 5.92. The zero-order valence-corrected chi connectivity index (χ0v) is 31.9. The SMILES string of the molecule is CSCC1CCC(c2cc(N(COCC[Si](C)(C)C)COCC[Si](C)(C)C)n3ncc(-c4cnn(-c5ccccc5)c4)c3n2)CC1. The fourth-order valence-corrected chi connectivity index (χ4v) is 8.24. The summed E-state index contributed by atoms with van der Waals surface area (Å²) in [5, 5.41) is 9.62. The van der Waals surface area contributed by atoms with Crippen molar-refractivity contribution >= 4 is 39.4 Å². The molecule has 1 aliphatic carbocycles. The lowest BCUT2D eigenvalue weighted by atomic mass is 9.81. The number of ether oxygens (including phenoxy) is 2. The summed E-state index contributed by atoms with van der Waals surface area (Å²) in [6.07, 6.45) is 13.0. The van der Waals surface area contributed by atoms with Gasteiger partial charge in [0.2, 0.25) is 0 Å². The maximum absolute atomic E-state index is 6.36. The second kappa shape index (κ2) is 15.6. The Balaban J connectivity index is 1.50. The van der Waals surface area contributed by atoms with Gasteiger partial charge in [-0.2, -0.15) is 26.5 Å². The zero-order chi connectivity index (χ0) is 32.7. The van der Waals surface area contributed by atoms with Gasteiger partial charge in [0, 0.05) is 64.4 Å². The van der Waals surface area contributed by atoms with Gasteiger partial charge in [0.1, 0.15) is 19.3 Å². The Labute approximate surface area is 282 Å². The van der Waals surface area contributed by atoms with E-state index in [1.807, 2.05) is 51.6 Å². The van der Waals surface area contributed by atoms with Gasteiger partial charge in [-0.1, -0.05) is 57.5 Å². The number of benzene rings is 1. The lowest BCUT2D eigenvalue weighted by Gasteiger charge is -2.30. The number of hydrogen-bond donors (Lipinski definition) is 0. The van der Waals surface area contributed by atoms with Crippen LogP contribution < -0.4 is 4.90 Å². The van der Waals surface area contributed by atoms with Crippen molar-refractivity contribution < 1.29 is 9.47 Å². The van der Waals surface area contributed by atoms with Gasteiger partial charge >= 0.3 is 0 Å². The first-order chi connectivity index (χ1) is 22.0. The van der Waals surface area contributed by atoms with Gasteiger partial charge in [-0.05, 0) is 67.8 Å². The summed E-state index contributed by atoms with van der Waals surface area (Å²) in [5.74, 6) is 3.47. The molecule has 0 unspecified atom stereocenters. The van der Waals surface area contributed by atoms with Crippen molar-refractivity contribution in [2.24, 2.45) is 5.92 Å². The van der Waals surface area contributed by atoms with E-state index in [9.17, 15) is 0 Å². The first kappa shape index (κ1) is 34.9. The minimum atomic E-state index is -1.21. The van der Waals surface area contributed by atoms with Crippen molar-refractivity contribution in [1.29, 1.82) is 0 Å². The van der Waals surface area contributed by atoms with Crippen molar-refractivity contribution in [3.63, 3.8) is 0 Å². The molecule has 5 rings (SSSR count). The molecule has 0 spiro atoms. The van der Waals surface area contributed by atoms with Gasteiger partial charge in [-0.25, -0.2) is 9.67 Å². The van der Waals surface area contributed by atoms with Crippen molar-refractivity contribution in [2.45, 2.75) is 83.0 Å². The van der Waals surface area contributed by atoms with Gasteiger partial charge in [0.05, 0.1) is 18.1 Å². The van der Waals surface area contributed by atoms with E-state index in [0.29, 0.717) is 19.4 Å². The highest BCUT2D eigenvalue weighted by Gasteiger charge is 2.27. The molecule has 3 aromatic heterocycles. The summed E-state index contributed by atoms with van der Waals surface area (Å²) in [6, 6.07) is 14.7. The maximum atomic E-state index is 6.36. The number of hydrogen-bond acceptors (Lipinski definition) is 7. The second-order valence-corrected chi connectivity index (χ2v) is 27.4. The summed E-state index contributed by atoms with van der Waals surface area (Å²) in [5.41, 5.74) is 5.03. The third-order valence-corrected chi connectivity index (χ3v) is 13.1. The first-order valence-corrected chi connectivity index (χ1v) is 25.7. The molecule has 46 heavy (non-hydrogen) atoms. The predicted molar refractivity (Wildman–Crippen MR) is 199 cm³/mol. The predicted octanol–water partition coefficient (Wildman–Crippen LogP) is 8.65. The Hall–Kier alpha value is -2.45. The van der Waals surface area contributed by atoms with E-state index in [-0.39, 0.29) is 0 Å². The molecule has 11 heteroatoms. The minimum absolute atomic E-state index is 0.430. The summed E-state index contributed by atoms with van der Waals surface area (Å²) in [6.45, 7) is 16.8. The topological polar surface area (TPSA) is 69.7 Å². The average Bonchev–Trinajstić information content (AvgIpc) is 3.67. The van der Waals surface area contributed by atoms with Crippen LogP contribution in [0.25, 0.3) is 22.5 Å². The number of nitrogens with zero attached hydrogens (tertiary/aromatic N) is 6. The molecule has 0 atom stereocenters. The molecule has 4 aromatic rings. The lowest BCUT2D eigenvalue weighted by Crippen LogP contribution is -2.33. The van der Waals surface area contributed by atoms with Crippen LogP contribution in [0.5, 0.6) is 0 Å². The summed E-state index contributed by atoms with van der Waals surface area (Å²) in [7, 11) is -2.42. The van der Waals surface area contributed by atoms with Gasteiger partial charge in [-0.15, -0.1) is 0 Å². The van der Waals surface area contributed by atoms with Crippen LogP contribution in [0.15, 0.2) is 55.0 Å². The molecule has 1 aliphatic rings. The molecule has 0 aliphatic heterocycles. The zero-order valence-electron chi connectivity index (χ0n) is 29.0. The van der Waals surface area contributed by atoms with Crippen LogP contribution in [-0.2, 0) is 9.47 Å². The monoisotopic (exact) mass is 678 g/mol. The standard InChI is InChI=1S/C35H54N6O2SSi2/c1-44-25-28-13-15-29(16-14-28)33-21-34(39(26-42-17-19-45(2,3)4)27-43-18-20-46(5,6)7)41-35(38-33)32(23-37-41)30-22-36-40(24-30)31-11-9-8-10-12-31/h8-12,21-24,28-29H,13-20,25-27H2,1-7H3. The molecule has 0 radical (unpaired) electrons. The molecule has 0 amide bonds. The Kier molecular flexibility index (Phi) is 11.9. The summed E-state index contributed by atoms with van der Waals surface area (Å²) >= 11 is 1.97. The third-order valence-electron chi connectivity index (χ3n) is 8.87. The number of fused-ring (bicyclic) bond motifs is 1. The van der Waals surface area contributed by atoms with E-state index in [1.54, 1.807) is 0 Å². The first-order valence-electron chi connectivity index (χ1n) is 16.9. The van der Waals surface area contributed by atoms with Crippen LogP contribution in [0.4, 0.5) is 5.82 Å². The van der Waals surface area contributed by atoms with Crippen LogP contribution in [0.1, 0.15) is 37.3 Å². The molecule has 1 saturated carbocycles. The molecule has 1 fully saturated rings. The highest BCUT2D eigenvalue weighted by Crippen LogP contribution is 2.38. The third kappa shape index (κ3) is 9.56. The van der Waals surface area contributed by atoms with Crippen LogP contribution >= 0.6 is 11.8 Å². The number of para-hydroxylation sites is 1. The van der Waals surface area contributed by atoms with E-state index in [4.69, 9.17) is 24.7 Å². The smallest absolute Gasteiger partial charge is 0.165 e. The van der Waals surface area contributed by atoms with Gasteiger partial charge in [0.25, 0.3) is 0 Å². The van der Waals surface area contributed by atoms with Crippen molar-refractivity contribution in [1.82, 2.24) is 24.4 Å². The Morgan fingerprint density at radius 2 is 1.52 bits per heavy atom. The highest BCUT2D eigenvalue weighted by molar-refractivity contribution is 7.98. The van der Waals surface area contributed by atoms with Crippen molar-refractivity contribution in [3.8, 4) is 16.8 Å². The maximum Gasteiger partial charge on any atom is 0.165 e. The van der Waals surface area contributed by atoms with Crippen LogP contribution in [0.3, 0.4) is 0 Å². The van der Waals surface area contributed by atoms with Gasteiger partial charge in [0.15, 0.2) is 5.65 Å². The van der Waals surface area contributed by atoms with Crippen molar-refractivity contribution in [2.75, 3.05) is 43.6 Å². The Morgan fingerprint density at radius 1 is 0.870 bits per heavy atom. The van der Waals surface area contributed by atoms with Gasteiger partial charge in [-0.3, -0.25) is 0 Å². The second-order valence-electron chi connectivity index (χ2n) is 15.3. The molecule has 0 saturated heterocycles. The molecule has 3 heterocycles. The van der Waals surface area contributed by atoms with E-state index < -0.39 is 16.1 Å². The molecule has 0 bridgehead atoms. The molecule has 250 valence electrons. The van der Waals surface area contributed by atoms with E-state index in [2.05, 4.69) is 74.8 Å². The van der Waals surface area contributed by atoms with E-state index in [1.165, 1.54) is 31.4 Å². The molecular formula is C35H54N6O2SSi2. The normalized spacial score (nSPS) is 17.5. The number of rotatable bonds is 16. The lowest BCUT2D eigenvalue weighted by molar-refractivity contribution is 0.0942. The van der Waals surface area contributed by atoms with Crippen LogP contribution in [-0.4, -0.2) is 79.2 Å². The Bertz CT molecular complexity index is 1500. The Morgan fingerprint density at radius 3 is 2.13 bits per heavy atom. The number of thioether (sulfide) groups is 1. The fraction of sp³-hybridized carbons (Fsp3) is 0.571. The molecule has 0 N–H and O–H groups in total. The minimum Gasteiger partial charge on any atom is -0.361 e. The average molecular weight is 679 g/mol. The summed E-state index contributed by atoms with van der Waals surface area (Å²) in [4.78, 5) is 7.57. The van der Waals surface area contributed by atoms with Gasteiger partial charge < -0.3 is 14.4 Å². The molecule has 1 aromatic carbocycles. The highest BCUT2D eigenvalue weighted by atomic mass is 32.2. The molecular weight excluding hydrogens is 625 g/mol. The van der Waals surface area contributed by atoms with E-state index in [0.717, 1.165) is 65.2 Å². The quantitative estimate of drug-likeness (QED) is 0.0668. The largest absolute Gasteiger partial charge is 0.361 e. The number of aromatic nitrogens is 5. The van der Waals surface area contributed by atoms with Crippen LogP contribution in [0.2, 0.25) is 51.4 Å². The molecule has 8 nitrogen and oxygen atoms in total. The summed E-state index contributed by atoms with van der Waals surface area (Å²) < 4.78 is 16.6. The number of anilines is 1.